The molecule has 1 fully saturated rings. The van der Waals surface area contributed by atoms with Gasteiger partial charge in [0.05, 0.1) is 5.69 Å². The van der Waals surface area contributed by atoms with Gasteiger partial charge >= 0.3 is 6.03 Å². The van der Waals surface area contributed by atoms with Crippen molar-refractivity contribution in [2.75, 3.05) is 36.1 Å². The minimum absolute atomic E-state index is 0.0105. The van der Waals surface area contributed by atoms with Gasteiger partial charge in [0.2, 0.25) is 5.91 Å². The minimum Gasteiger partial charge on any atom is -0.338 e. The summed E-state index contributed by atoms with van der Waals surface area (Å²) in [6.45, 7) is 8.03. The predicted octanol–water partition coefficient (Wildman–Crippen LogP) is 2.49. The Bertz CT molecular complexity index is 650. The minimum atomic E-state index is -0.164. The number of amides is 3. The number of urea groups is 1. The highest BCUT2D eigenvalue weighted by atomic mass is 16.2. The zero-order chi connectivity index (χ0) is 18.0. The van der Waals surface area contributed by atoms with Crippen LogP contribution >= 0.6 is 0 Å². The third kappa shape index (κ3) is 3.15. The van der Waals surface area contributed by atoms with Gasteiger partial charge in [-0.05, 0) is 52.2 Å². The number of pyridine rings is 1. The number of aromatic nitrogens is 1. The third-order valence-electron chi connectivity index (χ3n) is 5.06. The molecule has 0 aromatic carbocycles. The highest BCUT2D eigenvalue weighted by Gasteiger charge is 2.37. The number of carbonyl (C=O) groups is 2. The van der Waals surface area contributed by atoms with E-state index in [4.69, 9.17) is 0 Å². The van der Waals surface area contributed by atoms with E-state index < -0.39 is 0 Å². The summed E-state index contributed by atoms with van der Waals surface area (Å²) in [4.78, 5) is 33.8. The van der Waals surface area contributed by atoms with Gasteiger partial charge in [0.15, 0.2) is 5.82 Å². The number of anilines is 2. The van der Waals surface area contributed by atoms with Gasteiger partial charge in [-0.2, -0.15) is 0 Å². The van der Waals surface area contributed by atoms with Gasteiger partial charge in [0.1, 0.15) is 6.54 Å². The number of carbonyl (C=O) groups excluding carboxylic acids is 2. The molecular formula is C18H27N5O2. The van der Waals surface area contributed by atoms with Crippen molar-refractivity contribution in [3.63, 3.8) is 0 Å². The maximum absolute atomic E-state index is 13.0. The summed E-state index contributed by atoms with van der Waals surface area (Å²) in [6.07, 6.45) is 4.95. The van der Waals surface area contributed by atoms with Crippen LogP contribution in [0.5, 0.6) is 0 Å². The van der Waals surface area contributed by atoms with Gasteiger partial charge in [-0.15, -0.1) is 0 Å². The first kappa shape index (κ1) is 17.5. The van der Waals surface area contributed by atoms with Crippen molar-refractivity contribution in [1.29, 1.82) is 0 Å². The van der Waals surface area contributed by atoms with Gasteiger partial charge in [0.25, 0.3) is 0 Å². The molecule has 136 valence electrons. The predicted molar refractivity (Wildman–Crippen MR) is 97.4 cm³/mol. The number of rotatable bonds is 4. The molecule has 7 heteroatoms. The fourth-order valence-electron chi connectivity index (χ4n) is 3.73. The Morgan fingerprint density at radius 3 is 2.68 bits per heavy atom. The molecule has 7 nitrogen and oxygen atoms in total. The van der Waals surface area contributed by atoms with Gasteiger partial charge in [-0.3, -0.25) is 14.7 Å². The van der Waals surface area contributed by atoms with Crippen LogP contribution in [0.3, 0.4) is 0 Å². The van der Waals surface area contributed by atoms with Crippen LogP contribution in [0.2, 0.25) is 0 Å². The zero-order valence-corrected chi connectivity index (χ0v) is 15.3. The van der Waals surface area contributed by atoms with E-state index in [1.807, 2.05) is 35.9 Å². The first-order chi connectivity index (χ1) is 12.1. The van der Waals surface area contributed by atoms with E-state index in [2.05, 4.69) is 11.9 Å². The molecule has 0 aliphatic carbocycles. The van der Waals surface area contributed by atoms with Gasteiger partial charge in [-0.1, -0.05) is 0 Å². The molecule has 0 saturated carbocycles. The lowest BCUT2D eigenvalue weighted by Gasteiger charge is -2.44. The molecule has 1 saturated heterocycles. The fraction of sp³-hybridized carbons (Fsp3) is 0.611. The second kappa shape index (κ2) is 7.29. The molecule has 1 atom stereocenters. The number of hydrogen-bond acceptors (Lipinski definition) is 4. The third-order valence-corrected chi connectivity index (χ3v) is 5.06. The van der Waals surface area contributed by atoms with E-state index >= 15 is 0 Å². The normalized spacial score (nSPS) is 20.8. The maximum atomic E-state index is 13.0. The topological polar surface area (TPSA) is 60.0 Å². The number of piperidine rings is 1. The van der Waals surface area contributed by atoms with Gasteiger partial charge in [-0.25, -0.2) is 14.8 Å². The van der Waals surface area contributed by atoms with E-state index in [1.165, 1.54) is 0 Å². The zero-order valence-electron chi connectivity index (χ0n) is 15.3. The maximum Gasteiger partial charge on any atom is 0.343 e. The summed E-state index contributed by atoms with van der Waals surface area (Å²) in [5, 5.41) is 3.53. The fourth-order valence-corrected chi connectivity index (χ4v) is 3.73. The SMILES string of the molecule is CCN1C(=O)N(CC(=O)N2CCCCC2C)c2cccnc2N1CC. The molecule has 2 aliphatic rings. The van der Waals surface area contributed by atoms with Crippen molar-refractivity contribution in [3.8, 4) is 0 Å². The Hall–Kier alpha value is -2.31. The van der Waals surface area contributed by atoms with E-state index in [0.717, 1.165) is 31.6 Å². The highest BCUT2D eigenvalue weighted by Crippen LogP contribution is 2.33. The highest BCUT2D eigenvalue weighted by molar-refractivity contribution is 6.03. The lowest BCUT2D eigenvalue weighted by molar-refractivity contribution is -0.132. The first-order valence-corrected chi connectivity index (χ1v) is 9.19. The smallest absolute Gasteiger partial charge is 0.338 e. The number of fused-ring (bicyclic) bond motifs is 1. The Labute approximate surface area is 149 Å². The number of hydrogen-bond donors (Lipinski definition) is 0. The van der Waals surface area contributed by atoms with Crippen molar-refractivity contribution < 1.29 is 9.59 Å². The van der Waals surface area contributed by atoms with Crippen molar-refractivity contribution >= 4 is 23.4 Å². The summed E-state index contributed by atoms with van der Waals surface area (Å²) in [5.41, 5.74) is 0.706. The van der Waals surface area contributed by atoms with Gasteiger partial charge in [0, 0.05) is 31.9 Å². The van der Waals surface area contributed by atoms with Crippen LogP contribution in [0.4, 0.5) is 16.3 Å². The largest absolute Gasteiger partial charge is 0.343 e. The molecule has 3 amide bonds. The van der Waals surface area contributed by atoms with Crippen LogP contribution in [-0.2, 0) is 4.79 Å². The second-order valence-electron chi connectivity index (χ2n) is 6.58. The van der Waals surface area contributed by atoms with Crippen molar-refractivity contribution in [3.05, 3.63) is 18.3 Å². The summed E-state index contributed by atoms with van der Waals surface area (Å²) >= 11 is 0. The van der Waals surface area contributed by atoms with Crippen LogP contribution < -0.4 is 9.91 Å². The lowest BCUT2D eigenvalue weighted by Crippen LogP contribution is -2.59. The molecule has 1 aromatic rings. The Kier molecular flexibility index (Phi) is 5.11. The van der Waals surface area contributed by atoms with Crippen molar-refractivity contribution in [2.45, 2.75) is 46.1 Å². The molecule has 0 N–H and O–H groups in total. The average Bonchev–Trinajstić information content (AvgIpc) is 2.63. The molecule has 25 heavy (non-hydrogen) atoms. The molecule has 3 rings (SSSR count). The molecule has 3 heterocycles. The molecular weight excluding hydrogens is 318 g/mol. The van der Waals surface area contributed by atoms with Crippen LogP contribution in [0.15, 0.2) is 18.3 Å². The molecule has 0 spiro atoms. The van der Waals surface area contributed by atoms with Crippen LogP contribution in [0, 0.1) is 0 Å². The molecule has 2 aliphatic heterocycles. The number of likely N-dealkylation sites (tertiary alicyclic amines) is 1. The summed E-state index contributed by atoms with van der Waals surface area (Å²) in [5.74, 6) is 0.738. The molecule has 0 bridgehead atoms. The number of nitrogens with zero attached hydrogens (tertiary/aromatic N) is 5. The van der Waals surface area contributed by atoms with E-state index in [-0.39, 0.29) is 24.5 Å². The number of hydrazine groups is 1. The monoisotopic (exact) mass is 345 g/mol. The first-order valence-electron chi connectivity index (χ1n) is 9.19. The lowest BCUT2D eigenvalue weighted by atomic mass is 10.0. The van der Waals surface area contributed by atoms with Crippen molar-refractivity contribution in [2.24, 2.45) is 0 Å². The van der Waals surface area contributed by atoms with Gasteiger partial charge < -0.3 is 4.90 Å². The van der Waals surface area contributed by atoms with E-state index in [0.29, 0.717) is 18.8 Å². The average molecular weight is 345 g/mol. The van der Waals surface area contributed by atoms with E-state index in [1.54, 1.807) is 16.1 Å². The van der Waals surface area contributed by atoms with E-state index in [9.17, 15) is 9.59 Å². The van der Waals surface area contributed by atoms with Crippen LogP contribution in [0.25, 0.3) is 0 Å². The Morgan fingerprint density at radius 1 is 1.24 bits per heavy atom. The summed E-state index contributed by atoms with van der Waals surface area (Å²) in [6, 6.07) is 3.75. The molecule has 0 radical (unpaired) electrons. The summed E-state index contributed by atoms with van der Waals surface area (Å²) in [7, 11) is 0. The van der Waals surface area contributed by atoms with Crippen molar-refractivity contribution in [1.82, 2.24) is 14.9 Å². The quantitative estimate of drug-likeness (QED) is 0.841. The van der Waals surface area contributed by atoms with Crippen LogP contribution in [-0.4, -0.2) is 59.1 Å². The molecule has 1 unspecified atom stereocenters. The standard InChI is InChI=1S/C18H27N5O2/c1-4-22-17-15(10-8-11-19-17)21(18(25)23(22)5-2)13-16(24)20-12-7-6-9-14(20)3/h8,10-11,14H,4-7,9,12-13H2,1-3H3. The Balaban J connectivity index is 1.89. The van der Waals surface area contributed by atoms with Crippen LogP contribution in [0.1, 0.15) is 40.0 Å². The Morgan fingerprint density at radius 2 is 2.00 bits per heavy atom. The molecule has 1 aromatic heterocycles. The summed E-state index contributed by atoms with van der Waals surface area (Å²) < 4.78 is 0. The second-order valence-corrected chi connectivity index (χ2v) is 6.58.